The zero-order valence-electron chi connectivity index (χ0n) is 12.7. The Morgan fingerprint density at radius 2 is 1.58 bits per heavy atom. The van der Waals surface area contributed by atoms with Crippen molar-refractivity contribution in [2.24, 2.45) is 11.8 Å². The van der Waals surface area contributed by atoms with Crippen LogP contribution in [-0.2, 0) is 4.79 Å². The smallest absolute Gasteiger partial charge is 0.326 e. The summed E-state index contributed by atoms with van der Waals surface area (Å²) >= 11 is 0. The van der Waals surface area contributed by atoms with Gasteiger partial charge in [0.1, 0.15) is 6.04 Å². The number of rotatable bonds is 8. The van der Waals surface area contributed by atoms with Crippen molar-refractivity contribution in [3.63, 3.8) is 0 Å². The van der Waals surface area contributed by atoms with Crippen LogP contribution < -0.4 is 10.6 Å². The molecular weight excluding hydrogens is 244 g/mol. The van der Waals surface area contributed by atoms with E-state index in [-0.39, 0.29) is 12.0 Å². The molecule has 0 aromatic rings. The van der Waals surface area contributed by atoms with Crippen LogP contribution in [0.2, 0.25) is 0 Å². The van der Waals surface area contributed by atoms with Gasteiger partial charge in [0, 0.05) is 6.04 Å². The van der Waals surface area contributed by atoms with E-state index in [0.29, 0.717) is 5.92 Å². The normalized spacial score (nSPS) is 14.3. The quantitative estimate of drug-likeness (QED) is 0.635. The molecule has 5 nitrogen and oxygen atoms in total. The highest BCUT2D eigenvalue weighted by Crippen LogP contribution is 2.08. The van der Waals surface area contributed by atoms with Crippen LogP contribution in [0.5, 0.6) is 0 Å². The maximum Gasteiger partial charge on any atom is 0.326 e. The molecule has 0 aromatic heterocycles. The summed E-state index contributed by atoms with van der Waals surface area (Å²) in [5, 5.41) is 14.3. The summed E-state index contributed by atoms with van der Waals surface area (Å²) in [5.74, 6) is -0.476. The Morgan fingerprint density at radius 3 is 2.00 bits per heavy atom. The van der Waals surface area contributed by atoms with E-state index < -0.39 is 18.0 Å². The summed E-state index contributed by atoms with van der Waals surface area (Å²) in [5.41, 5.74) is 0. The van der Waals surface area contributed by atoms with Crippen LogP contribution in [0.15, 0.2) is 0 Å². The Bertz CT molecular complexity index is 290. The van der Waals surface area contributed by atoms with Crippen LogP contribution in [0.4, 0.5) is 4.79 Å². The van der Waals surface area contributed by atoms with Crippen LogP contribution in [0, 0.1) is 11.8 Å². The van der Waals surface area contributed by atoms with Crippen LogP contribution >= 0.6 is 0 Å². The maximum absolute atomic E-state index is 11.7. The van der Waals surface area contributed by atoms with Crippen molar-refractivity contribution in [2.45, 2.75) is 66.0 Å². The van der Waals surface area contributed by atoms with Crippen molar-refractivity contribution in [1.82, 2.24) is 10.6 Å². The second-order valence-electron chi connectivity index (χ2n) is 5.90. The lowest BCUT2D eigenvalue weighted by Crippen LogP contribution is -2.50. The van der Waals surface area contributed by atoms with Crippen molar-refractivity contribution in [3.8, 4) is 0 Å². The molecule has 2 unspecified atom stereocenters. The van der Waals surface area contributed by atoms with E-state index >= 15 is 0 Å². The molecule has 0 fully saturated rings. The molecule has 3 N–H and O–H groups in total. The lowest BCUT2D eigenvalue weighted by Gasteiger charge is -2.20. The van der Waals surface area contributed by atoms with Gasteiger partial charge in [-0.15, -0.1) is 0 Å². The molecule has 0 aliphatic heterocycles. The van der Waals surface area contributed by atoms with E-state index in [1.54, 1.807) is 13.8 Å². The fraction of sp³-hybridized carbons (Fsp3) is 0.857. The van der Waals surface area contributed by atoms with Gasteiger partial charge < -0.3 is 15.7 Å². The fourth-order valence-electron chi connectivity index (χ4n) is 1.82. The van der Waals surface area contributed by atoms with Crippen LogP contribution in [-0.4, -0.2) is 29.2 Å². The number of nitrogens with one attached hydrogen (secondary N) is 2. The highest BCUT2D eigenvalue weighted by molar-refractivity contribution is 5.82. The first kappa shape index (κ1) is 17.7. The Hall–Kier alpha value is -1.26. The lowest BCUT2D eigenvalue weighted by molar-refractivity contribution is -0.140. The van der Waals surface area contributed by atoms with E-state index in [1.165, 1.54) is 0 Å². The Balaban J connectivity index is 4.05. The number of amides is 2. The number of aliphatic carboxylic acids is 1. The van der Waals surface area contributed by atoms with Gasteiger partial charge in [-0.1, -0.05) is 40.5 Å². The van der Waals surface area contributed by atoms with E-state index in [2.05, 4.69) is 24.5 Å². The molecule has 19 heavy (non-hydrogen) atoms. The van der Waals surface area contributed by atoms with E-state index in [1.807, 2.05) is 6.92 Å². The predicted octanol–water partition coefficient (Wildman–Crippen LogP) is 2.61. The van der Waals surface area contributed by atoms with E-state index in [9.17, 15) is 9.59 Å². The molecule has 0 rings (SSSR count). The molecular formula is C14H28N2O3. The second kappa shape index (κ2) is 8.77. The molecule has 5 heteroatoms. The summed E-state index contributed by atoms with van der Waals surface area (Å²) in [6.45, 7) is 9.82. The highest BCUT2D eigenvalue weighted by Gasteiger charge is 2.23. The zero-order chi connectivity index (χ0) is 15.0. The van der Waals surface area contributed by atoms with Crippen molar-refractivity contribution in [3.05, 3.63) is 0 Å². The molecule has 0 heterocycles. The summed E-state index contributed by atoms with van der Waals surface area (Å²) in [6.07, 6.45) is 3.11. The third-order valence-corrected chi connectivity index (χ3v) is 3.02. The second-order valence-corrected chi connectivity index (χ2v) is 5.90. The third kappa shape index (κ3) is 8.46. The highest BCUT2D eigenvalue weighted by atomic mass is 16.4. The lowest BCUT2D eigenvalue weighted by atomic mass is 10.0. The van der Waals surface area contributed by atoms with Gasteiger partial charge in [0.25, 0.3) is 0 Å². The van der Waals surface area contributed by atoms with Gasteiger partial charge in [0.2, 0.25) is 0 Å². The number of carboxylic acids is 1. The monoisotopic (exact) mass is 272 g/mol. The van der Waals surface area contributed by atoms with Gasteiger partial charge in [-0.3, -0.25) is 0 Å². The molecule has 0 saturated carbocycles. The molecule has 112 valence electrons. The number of hydrogen-bond donors (Lipinski definition) is 3. The zero-order valence-corrected chi connectivity index (χ0v) is 12.7. The molecule has 0 radical (unpaired) electrons. The topological polar surface area (TPSA) is 78.4 Å². The SMILES string of the molecule is CC(C)CCCC(C)NC(=O)NC(C(=O)O)C(C)C. The molecule has 2 atom stereocenters. The minimum absolute atomic E-state index is 0.0559. The van der Waals surface area contributed by atoms with E-state index in [4.69, 9.17) is 5.11 Å². The number of hydrogen-bond acceptors (Lipinski definition) is 2. The van der Waals surface area contributed by atoms with Crippen molar-refractivity contribution < 1.29 is 14.7 Å². The Labute approximate surface area is 116 Å². The summed E-state index contributed by atoms with van der Waals surface area (Å²) in [7, 11) is 0. The van der Waals surface area contributed by atoms with Gasteiger partial charge in [-0.05, 0) is 25.2 Å². The van der Waals surface area contributed by atoms with Crippen LogP contribution in [0.3, 0.4) is 0 Å². The van der Waals surface area contributed by atoms with Gasteiger partial charge >= 0.3 is 12.0 Å². The first-order chi connectivity index (χ1) is 8.73. The standard InChI is InChI=1S/C14H28N2O3/c1-9(2)7-6-8-11(5)15-14(19)16-12(10(3)4)13(17)18/h9-12H,6-8H2,1-5H3,(H,17,18)(H2,15,16,19). The van der Waals surface area contributed by atoms with Crippen molar-refractivity contribution in [1.29, 1.82) is 0 Å². The summed E-state index contributed by atoms with van der Waals surface area (Å²) in [6, 6.07) is -1.19. The summed E-state index contributed by atoms with van der Waals surface area (Å²) < 4.78 is 0. The Kier molecular flexibility index (Phi) is 8.19. The van der Waals surface area contributed by atoms with Crippen LogP contribution in [0.1, 0.15) is 53.9 Å². The fourth-order valence-corrected chi connectivity index (χ4v) is 1.82. The number of carbonyl (C=O) groups is 2. The average Bonchev–Trinajstić information content (AvgIpc) is 2.24. The number of carboxylic acid groups (broad SMARTS) is 1. The van der Waals surface area contributed by atoms with E-state index in [0.717, 1.165) is 19.3 Å². The van der Waals surface area contributed by atoms with Crippen molar-refractivity contribution in [2.75, 3.05) is 0 Å². The minimum atomic E-state index is -1.00. The van der Waals surface area contributed by atoms with Gasteiger partial charge in [0.05, 0.1) is 0 Å². The van der Waals surface area contributed by atoms with Gasteiger partial charge in [0.15, 0.2) is 0 Å². The van der Waals surface area contributed by atoms with Gasteiger partial charge in [-0.2, -0.15) is 0 Å². The molecule has 0 bridgehead atoms. The number of urea groups is 1. The summed E-state index contributed by atoms with van der Waals surface area (Å²) in [4.78, 5) is 22.7. The molecule has 0 aliphatic carbocycles. The van der Waals surface area contributed by atoms with Gasteiger partial charge in [-0.25, -0.2) is 9.59 Å². The first-order valence-corrected chi connectivity index (χ1v) is 7.03. The maximum atomic E-state index is 11.7. The predicted molar refractivity (Wildman–Crippen MR) is 76.1 cm³/mol. The minimum Gasteiger partial charge on any atom is -0.480 e. The number of carbonyl (C=O) groups excluding carboxylic acids is 1. The average molecular weight is 272 g/mol. The molecule has 0 spiro atoms. The first-order valence-electron chi connectivity index (χ1n) is 7.03. The molecule has 0 saturated heterocycles. The Morgan fingerprint density at radius 1 is 1.00 bits per heavy atom. The van der Waals surface area contributed by atoms with Crippen LogP contribution in [0.25, 0.3) is 0 Å². The molecule has 0 aromatic carbocycles. The largest absolute Gasteiger partial charge is 0.480 e. The third-order valence-electron chi connectivity index (χ3n) is 3.02. The molecule has 2 amide bonds. The molecule has 0 aliphatic rings. The van der Waals surface area contributed by atoms with Crippen molar-refractivity contribution >= 4 is 12.0 Å².